The predicted octanol–water partition coefficient (Wildman–Crippen LogP) is 2.54. The Bertz CT molecular complexity index is 669. The maximum atomic E-state index is 12.6. The van der Waals surface area contributed by atoms with Crippen LogP contribution < -0.4 is 11.1 Å². The third kappa shape index (κ3) is 3.79. The Morgan fingerprint density at radius 3 is 2.91 bits per heavy atom. The maximum absolute atomic E-state index is 12.6. The number of aromatic nitrogens is 2. The minimum Gasteiger partial charge on any atom is -0.384 e. The molecule has 0 unspecified atom stereocenters. The lowest BCUT2D eigenvalue weighted by molar-refractivity contribution is 0.0765. The number of nitrogen functional groups attached to an aromatic ring is 1. The Morgan fingerprint density at radius 1 is 1.35 bits per heavy atom. The van der Waals surface area contributed by atoms with E-state index in [0.29, 0.717) is 11.9 Å². The number of nitrogens with two attached hydrogens (primary N) is 1. The van der Waals surface area contributed by atoms with Crippen LogP contribution in [0, 0.1) is 6.92 Å². The zero-order valence-electron chi connectivity index (χ0n) is 13.2. The number of aryl methyl sites for hydroxylation is 1. The molecule has 23 heavy (non-hydrogen) atoms. The number of thiazole rings is 1. The van der Waals surface area contributed by atoms with Gasteiger partial charge in [-0.3, -0.25) is 4.79 Å². The summed E-state index contributed by atoms with van der Waals surface area (Å²) in [5.41, 5.74) is 9.14. The number of carbonyl (C=O) groups excluding carboxylic acids is 1. The van der Waals surface area contributed by atoms with Crippen LogP contribution in [-0.4, -0.2) is 39.9 Å². The van der Waals surface area contributed by atoms with Crippen molar-refractivity contribution in [2.75, 3.05) is 24.1 Å². The molecule has 0 saturated carbocycles. The van der Waals surface area contributed by atoms with Crippen LogP contribution in [0.1, 0.15) is 34.6 Å². The molecule has 1 aliphatic heterocycles. The molecule has 0 bridgehead atoms. The molecule has 6 nitrogen and oxygen atoms in total. The highest BCUT2D eigenvalue weighted by atomic mass is 32.1. The maximum Gasteiger partial charge on any atom is 0.265 e. The van der Waals surface area contributed by atoms with Crippen molar-refractivity contribution in [1.82, 2.24) is 14.9 Å². The highest BCUT2D eigenvalue weighted by Gasteiger charge is 2.23. The van der Waals surface area contributed by atoms with Crippen LogP contribution in [0.2, 0.25) is 0 Å². The zero-order valence-corrected chi connectivity index (χ0v) is 14.0. The van der Waals surface area contributed by atoms with Crippen LogP contribution in [0.3, 0.4) is 0 Å². The number of nitrogens with zero attached hydrogens (tertiary/aromatic N) is 3. The second-order valence-corrected chi connectivity index (χ2v) is 6.66. The first kappa shape index (κ1) is 15.7. The lowest BCUT2D eigenvalue weighted by atomic mass is 10.1. The lowest BCUT2D eigenvalue weighted by Gasteiger charge is -2.20. The molecule has 122 valence electrons. The summed E-state index contributed by atoms with van der Waals surface area (Å²) in [6.07, 6.45) is 4.71. The van der Waals surface area contributed by atoms with Gasteiger partial charge in [-0.15, -0.1) is 11.3 Å². The fourth-order valence-corrected chi connectivity index (χ4v) is 3.59. The molecule has 2 aromatic rings. The number of pyridine rings is 1. The summed E-state index contributed by atoms with van der Waals surface area (Å²) in [5, 5.41) is 3.49. The molecule has 1 atom stereocenters. The summed E-state index contributed by atoms with van der Waals surface area (Å²) in [6, 6.07) is 4.08. The normalized spacial score (nSPS) is 18.5. The second kappa shape index (κ2) is 6.95. The van der Waals surface area contributed by atoms with Gasteiger partial charge in [-0.2, -0.15) is 0 Å². The fourth-order valence-electron chi connectivity index (χ4n) is 2.82. The molecule has 1 saturated heterocycles. The molecule has 1 amide bonds. The number of hydrogen-bond acceptors (Lipinski definition) is 6. The first-order chi connectivity index (χ1) is 11.1. The summed E-state index contributed by atoms with van der Waals surface area (Å²) in [7, 11) is 0. The van der Waals surface area contributed by atoms with Crippen LogP contribution in [0.15, 0.2) is 23.8 Å². The Balaban J connectivity index is 1.60. The molecule has 0 aliphatic carbocycles. The Labute approximate surface area is 139 Å². The molecule has 3 rings (SSSR count). The van der Waals surface area contributed by atoms with Crippen LogP contribution in [0.4, 0.5) is 11.5 Å². The number of anilines is 2. The van der Waals surface area contributed by atoms with Crippen LogP contribution >= 0.6 is 11.3 Å². The van der Waals surface area contributed by atoms with Crippen molar-refractivity contribution in [3.8, 4) is 0 Å². The average molecular weight is 331 g/mol. The Hall–Kier alpha value is -2.15. The van der Waals surface area contributed by atoms with E-state index in [4.69, 9.17) is 5.73 Å². The summed E-state index contributed by atoms with van der Waals surface area (Å²) < 4.78 is 0. The SMILES string of the molecule is Cc1ncsc1C(=O)N1CCC[C@H](Nc2ccc(N)nc2)CC1. The van der Waals surface area contributed by atoms with Crippen molar-refractivity contribution in [3.05, 3.63) is 34.4 Å². The lowest BCUT2D eigenvalue weighted by Crippen LogP contribution is -2.32. The van der Waals surface area contributed by atoms with Gasteiger partial charge in [0, 0.05) is 19.1 Å². The van der Waals surface area contributed by atoms with Gasteiger partial charge >= 0.3 is 0 Å². The molecule has 1 aliphatic rings. The molecule has 3 heterocycles. The standard InChI is InChI=1S/C16H21N5OS/c1-11-15(23-10-19-11)16(22)21-7-2-3-12(6-8-21)20-13-4-5-14(17)18-9-13/h4-5,9-10,12,20H,2-3,6-8H2,1H3,(H2,17,18)/t12-/m0/s1. The molecular weight excluding hydrogens is 310 g/mol. The van der Waals surface area contributed by atoms with Crippen molar-refractivity contribution in [2.45, 2.75) is 32.2 Å². The van der Waals surface area contributed by atoms with Crippen molar-refractivity contribution in [2.24, 2.45) is 0 Å². The number of nitrogens with one attached hydrogen (secondary N) is 1. The first-order valence-electron chi connectivity index (χ1n) is 7.81. The van der Waals surface area contributed by atoms with Crippen LogP contribution in [0.5, 0.6) is 0 Å². The van der Waals surface area contributed by atoms with Gasteiger partial charge in [0.2, 0.25) is 0 Å². The van der Waals surface area contributed by atoms with Crippen molar-refractivity contribution in [1.29, 1.82) is 0 Å². The van der Waals surface area contributed by atoms with E-state index in [9.17, 15) is 4.79 Å². The summed E-state index contributed by atoms with van der Waals surface area (Å²) >= 11 is 1.42. The molecule has 0 aromatic carbocycles. The number of likely N-dealkylation sites (tertiary alicyclic amines) is 1. The van der Waals surface area contributed by atoms with E-state index < -0.39 is 0 Å². The van der Waals surface area contributed by atoms with Gasteiger partial charge in [0.1, 0.15) is 10.7 Å². The number of carbonyl (C=O) groups is 1. The van der Waals surface area contributed by atoms with E-state index >= 15 is 0 Å². The van der Waals surface area contributed by atoms with Crippen molar-refractivity contribution < 1.29 is 4.79 Å². The van der Waals surface area contributed by atoms with Crippen molar-refractivity contribution in [3.63, 3.8) is 0 Å². The minimum atomic E-state index is 0.111. The van der Waals surface area contributed by atoms with E-state index in [-0.39, 0.29) is 5.91 Å². The number of amides is 1. The van der Waals surface area contributed by atoms with Gasteiger partial charge in [-0.05, 0) is 38.3 Å². The zero-order chi connectivity index (χ0) is 16.2. The highest BCUT2D eigenvalue weighted by molar-refractivity contribution is 7.11. The average Bonchev–Trinajstić information content (AvgIpc) is 2.84. The Morgan fingerprint density at radius 2 is 2.22 bits per heavy atom. The highest BCUT2D eigenvalue weighted by Crippen LogP contribution is 2.20. The molecular formula is C16H21N5OS. The topological polar surface area (TPSA) is 84.1 Å². The van der Waals surface area contributed by atoms with Gasteiger partial charge < -0.3 is 16.0 Å². The van der Waals surface area contributed by atoms with Gasteiger partial charge in [-0.1, -0.05) is 0 Å². The third-order valence-electron chi connectivity index (χ3n) is 4.11. The smallest absolute Gasteiger partial charge is 0.265 e. The first-order valence-corrected chi connectivity index (χ1v) is 8.69. The predicted molar refractivity (Wildman–Crippen MR) is 92.7 cm³/mol. The molecule has 0 spiro atoms. The van der Waals surface area contributed by atoms with Gasteiger partial charge in [0.15, 0.2) is 0 Å². The van der Waals surface area contributed by atoms with E-state index in [1.165, 1.54) is 11.3 Å². The van der Waals surface area contributed by atoms with Gasteiger partial charge in [-0.25, -0.2) is 9.97 Å². The molecule has 7 heteroatoms. The quantitative estimate of drug-likeness (QED) is 0.903. The van der Waals surface area contributed by atoms with Gasteiger partial charge in [0.25, 0.3) is 5.91 Å². The summed E-state index contributed by atoms with van der Waals surface area (Å²) in [6.45, 7) is 3.45. The van der Waals surface area contributed by atoms with E-state index in [1.54, 1.807) is 17.8 Å². The van der Waals surface area contributed by atoms with Crippen LogP contribution in [-0.2, 0) is 0 Å². The Kier molecular flexibility index (Phi) is 4.76. The van der Waals surface area contributed by atoms with Crippen molar-refractivity contribution >= 4 is 28.7 Å². The summed E-state index contributed by atoms with van der Waals surface area (Å²) in [5.74, 6) is 0.632. The molecule has 1 fully saturated rings. The number of hydrogen-bond donors (Lipinski definition) is 2. The summed E-state index contributed by atoms with van der Waals surface area (Å²) in [4.78, 5) is 23.6. The van der Waals surface area contributed by atoms with E-state index in [0.717, 1.165) is 48.6 Å². The third-order valence-corrected chi connectivity index (χ3v) is 5.03. The monoisotopic (exact) mass is 331 g/mol. The molecule has 3 N–H and O–H groups in total. The largest absolute Gasteiger partial charge is 0.384 e. The number of rotatable bonds is 3. The van der Waals surface area contributed by atoms with Gasteiger partial charge in [0.05, 0.1) is 23.1 Å². The molecule has 0 radical (unpaired) electrons. The fraction of sp³-hybridized carbons (Fsp3) is 0.438. The minimum absolute atomic E-state index is 0.111. The van der Waals surface area contributed by atoms with E-state index in [1.807, 2.05) is 17.9 Å². The van der Waals surface area contributed by atoms with E-state index in [2.05, 4.69) is 15.3 Å². The molecule has 2 aromatic heterocycles. The second-order valence-electron chi connectivity index (χ2n) is 5.80. The van der Waals surface area contributed by atoms with Crippen LogP contribution in [0.25, 0.3) is 0 Å².